The number of rotatable bonds is 5. The van der Waals surface area contributed by atoms with Gasteiger partial charge in [-0.2, -0.15) is 0 Å². The molecule has 0 saturated carbocycles. The first-order valence-electron chi connectivity index (χ1n) is 4.48. The second-order valence-electron chi connectivity index (χ2n) is 3.43. The van der Waals surface area contributed by atoms with Crippen LogP contribution < -0.4 is 5.73 Å². The molecule has 15 heavy (non-hydrogen) atoms. The zero-order chi connectivity index (χ0) is 11.5. The number of imidazole rings is 1. The van der Waals surface area contributed by atoms with Crippen LogP contribution in [0.2, 0.25) is 0 Å². The lowest BCUT2D eigenvalue weighted by atomic mass is 10.2. The predicted molar refractivity (Wildman–Crippen MR) is 56.0 cm³/mol. The van der Waals surface area contributed by atoms with Crippen LogP contribution in [0.1, 0.15) is 11.7 Å². The van der Waals surface area contributed by atoms with Crippen LogP contribution in [0.25, 0.3) is 0 Å². The van der Waals surface area contributed by atoms with Gasteiger partial charge in [0.2, 0.25) is 0 Å². The highest BCUT2D eigenvalue weighted by molar-refractivity contribution is 7.90. The van der Waals surface area contributed by atoms with Gasteiger partial charge < -0.3 is 15.4 Å². The van der Waals surface area contributed by atoms with E-state index in [1.54, 1.807) is 4.57 Å². The van der Waals surface area contributed by atoms with E-state index in [0.717, 1.165) is 0 Å². The topological polar surface area (TPSA) is 98.2 Å². The van der Waals surface area contributed by atoms with E-state index < -0.39 is 15.9 Å². The molecule has 1 aromatic rings. The van der Waals surface area contributed by atoms with Crippen LogP contribution in [0.3, 0.4) is 0 Å². The Kier molecular flexibility index (Phi) is 3.83. The predicted octanol–water partition coefficient (Wildman–Crippen LogP) is -1.08. The number of hydrogen-bond acceptors (Lipinski definition) is 5. The smallest absolute Gasteiger partial charge is 0.149 e. The summed E-state index contributed by atoms with van der Waals surface area (Å²) < 4.78 is 23.6. The van der Waals surface area contributed by atoms with E-state index in [4.69, 9.17) is 10.8 Å². The molecule has 0 fully saturated rings. The zero-order valence-corrected chi connectivity index (χ0v) is 9.31. The van der Waals surface area contributed by atoms with Crippen molar-refractivity contribution < 1.29 is 13.5 Å². The highest BCUT2D eigenvalue weighted by Gasteiger charge is 2.11. The molecule has 3 N–H and O–H groups in total. The average Bonchev–Trinajstić information content (AvgIpc) is 2.60. The standard InChI is InChI=1S/C8H15N3O3S/c1-15(13,14)3-2-11-6-10-4-8(11)7(9)5-12/h4,6-7,12H,2-3,5,9H2,1H3. The molecular formula is C8H15N3O3S. The molecule has 0 amide bonds. The molecule has 0 radical (unpaired) electrons. The van der Waals surface area contributed by atoms with Crippen molar-refractivity contribution in [3.8, 4) is 0 Å². The van der Waals surface area contributed by atoms with Crippen LogP contribution in [0, 0.1) is 0 Å². The van der Waals surface area contributed by atoms with Crippen LogP contribution in [0.4, 0.5) is 0 Å². The molecule has 1 heterocycles. The van der Waals surface area contributed by atoms with E-state index in [2.05, 4.69) is 4.98 Å². The maximum absolute atomic E-state index is 11.0. The third kappa shape index (κ3) is 3.61. The van der Waals surface area contributed by atoms with Gasteiger partial charge in [0.25, 0.3) is 0 Å². The Morgan fingerprint density at radius 1 is 1.67 bits per heavy atom. The monoisotopic (exact) mass is 233 g/mol. The Morgan fingerprint density at radius 3 is 2.87 bits per heavy atom. The van der Waals surface area contributed by atoms with Crippen molar-refractivity contribution >= 4 is 9.84 Å². The van der Waals surface area contributed by atoms with Gasteiger partial charge in [-0.25, -0.2) is 13.4 Å². The van der Waals surface area contributed by atoms with Gasteiger partial charge in [-0.1, -0.05) is 0 Å². The largest absolute Gasteiger partial charge is 0.394 e. The Balaban J connectivity index is 2.74. The quantitative estimate of drug-likeness (QED) is 0.674. The summed E-state index contributed by atoms with van der Waals surface area (Å²) in [5.41, 5.74) is 6.26. The molecule has 1 atom stereocenters. The molecule has 0 bridgehead atoms. The Labute approximate surface area is 88.7 Å². The number of aliphatic hydroxyl groups excluding tert-OH is 1. The minimum atomic E-state index is -3.00. The summed E-state index contributed by atoms with van der Waals surface area (Å²) in [5, 5.41) is 8.87. The van der Waals surface area contributed by atoms with Crippen molar-refractivity contribution in [1.82, 2.24) is 9.55 Å². The number of aliphatic hydroxyl groups is 1. The van der Waals surface area contributed by atoms with Crippen LogP contribution in [-0.2, 0) is 16.4 Å². The maximum Gasteiger partial charge on any atom is 0.149 e. The molecule has 86 valence electrons. The van der Waals surface area contributed by atoms with Gasteiger partial charge in [-0.15, -0.1) is 0 Å². The molecule has 0 aromatic carbocycles. The lowest BCUT2D eigenvalue weighted by molar-refractivity contribution is 0.263. The van der Waals surface area contributed by atoms with Crippen molar-refractivity contribution in [3.05, 3.63) is 18.2 Å². The van der Waals surface area contributed by atoms with Gasteiger partial charge >= 0.3 is 0 Å². The number of nitrogens with zero attached hydrogens (tertiary/aromatic N) is 2. The summed E-state index contributed by atoms with van der Waals surface area (Å²) in [7, 11) is -3.00. The maximum atomic E-state index is 11.0. The minimum absolute atomic E-state index is 0.0362. The Morgan fingerprint density at radius 2 is 2.33 bits per heavy atom. The molecule has 0 aliphatic heterocycles. The first-order chi connectivity index (χ1) is 6.94. The van der Waals surface area contributed by atoms with E-state index in [0.29, 0.717) is 12.2 Å². The van der Waals surface area contributed by atoms with E-state index in [-0.39, 0.29) is 12.4 Å². The van der Waals surface area contributed by atoms with E-state index >= 15 is 0 Å². The molecule has 1 unspecified atom stereocenters. The number of nitrogens with two attached hydrogens (primary N) is 1. The lowest BCUT2D eigenvalue weighted by Crippen LogP contribution is -2.20. The summed E-state index contributed by atoms with van der Waals surface area (Å²) in [6.07, 6.45) is 4.22. The van der Waals surface area contributed by atoms with Gasteiger partial charge in [0.15, 0.2) is 0 Å². The van der Waals surface area contributed by atoms with Crippen molar-refractivity contribution in [2.75, 3.05) is 18.6 Å². The lowest BCUT2D eigenvalue weighted by Gasteiger charge is -2.11. The molecular weight excluding hydrogens is 218 g/mol. The van der Waals surface area contributed by atoms with Crippen molar-refractivity contribution in [2.24, 2.45) is 5.73 Å². The first kappa shape index (κ1) is 12.2. The van der Waals surface area contributed by atoms with Gasteiger partial charge in [0.1, 0.15) is 9.84 Å². The number of hydrogen-bond donors (Lipinski definition) is 2. The number of aromatic nitrogens is 2. The fraction of sp³-hybridized carbons (Fsp3) is 0.625. The summed E-state index contributed by atoms with van der Waals surface area (Å²) in [6.45, 7) is 0.117. The highest BCUT2D eigenvalue weighted by atomic mass is 32.2. The SMILES string of the molecule is CS(=O)(=O)CCn1cncc1C(N)CO. The fourth-order valence-electron chi connectivity index (χ4n) is 1.18. The van der Waals surface area contributed by atoms with Gasteiger partial charge in [-0.05, 0) is 0 Å². The van der Waals surface area contributed by atoms with Crippen LogP contribution in [0.5, 0.6) is 0 Å². The fourth-order valence-corrected chi connectivity index (χ4v) is 1.71. The molecule has 0 aliphatic rings. The van der Waals surface area contributed by atoms with E-state index in [1.165, 1.54) is 18.8 Å². The molecule has 0 saturated heterocycles. The van der Waals surface area contributed by atoms with Gasteiger partial charge in [-0.3, -0.25) is 0 Å². The van der Waals surface area contributed by atoms with Crippen molar-refractivity contribution in [2.45, 2.75) is 12.6 Å². The summed E-state index contributed by atoms with van der Waals surface area (Å²) in [4.78, 5) is 3.87. The molecule has 7 heteroatoms. The molecule has 1 aromatic heterocycles. The summed E-state index contributed by atoms with van der Waals surface area (Å²) in [6, 6.07) is -0.521. The zero-order valence-electron chi connectivity index (χ0n) is 8.50. The third-order valence-corrected chi connectivity index (χ3v) is 2.95. The van der Waals surface area contributed by atoms with Gasteiger partial charge in [0, 0.05) is 19.0 Å². The van der Waals surface area contributed by atoms with E-state index in [1.807, 2.05) is 0 Å². The highest BCUT2D eigenvalue weighted by Crippen LogP contribution is 2.08. The van der Waals surface area contributed by atoms with Crippen LogP contribution >= 0.6 is 0 Å². The molecule has 1 rings (SSSR count). The number of aryl methyl sites for hydroxylation is 1. The van der Waals surface area contributed by atoms with Gasteiger partial charge in [0.05, 0.1) is 30.4 Å². The second kappa shape index (κ2) is 4.73. The normalized spacial score (nSPS) is 14.1. The number of sulfone groups is 1. The summed E-state index contributed by atoms with van der Waals surface area (Å²) >= 11 is 0. The van der Waals surface area contributed by atoms with Crippen LogP contribution in [0.15, 0.2) is 12.5 Å². The van der Waals surface area contributed by atoms with Crippen molar-refractivity contribution in [1.29, 1.82) is 0 Å². The molecule has 6 nitrogen and oxygen atoms in total. The Bertz CT molecular complexity index is 413. The Hall–Kier alpha value is -0.920. The summed E-state index contributed by atoms with van der Waals surface area (Å²) in [5.74, 6) is 0.0362. The first-order valence-corrected chi connectivity index (χ1v) is 6.54. The van der Waals surface area contributed by atoms with Crippen molar-refractivity contribution in [3.63, 3.8) is 0 Å². The third-order valence-electron chi connectivity index (χ3n) is 2.02. The second-order valence-corrected chi connectivity index (χ2v) is 5.69. The van der Waals surface area contributed by atoms with Crippen LogP contribution in [-0.4, -0.2) is 41.7 Å². The minimum Gasteiger partial charge on any atom is -0.394 e. The average molecular weight is 233 g/mol. The molecule has 0 aliphatic carbocycles. The molecule has 0 spiro atoms. The van der Waals surface area contributed by atoms with E-state index in [9.17, 15) is 8.42 Å².